The summed E-state index contributed by atoms with van der Waals surface area (Å²) >= 11 is 0.989. The quantitative estimate of drug-likeness (QED) is 0.609. The molecule has 0 radical (unpaired) electrons. The van der Waals surface area contributed by atoms with Crippen molar-refractivity contribution in [1.82, 2.24) is 4.37 Å². The Morgan fingerprint density at radius 1 is 1.47 bits per heavy atom. The minimum absolute atomic E-state index is 0.108. The predicted octanol–water partition coefficient (Wildman–Crippen LogP) is 2.03. The van der Waals surface area contributed by atoms with Gasteiger partial charge in [-0.15, -0.1) is 0 Å². The minimum Gasteiger partial charge on any atom is -0.282 e. The van der Waals surface area contributed by atoms with Crippen molar-refractivity contribution in [2.75, 3.05) is 0 Å². The van der Waals surface area contributed by atoms with E-state index in [-0.39, 0.29) is 16.1 Å². The van der Waals surface area contributed by atoms with Crippen molar-refractivity contribution in [3.05, 3.63) is 23.2 Å². The lowest BCUT2D eigenvalue weighted by Gasteiger charge is -1.94. The van der Waals surface area contributed by atoms with Crippen LogP contribution in [-0.2, 0) is 10.1 Å². The van der Waals surface area contributed by atoms with Crippen LogP contribution in [0, 0.1) is 5.39 Å². The molecule has 1 aromatic carbocycles. The van der Waals surface area contributed by atoms with Crippen molar-refractivity contribution in [2.24, 2.45) is 0 Å². The molecule has 15 heavy (non-hydrogen) atoms. The smallest absolute Gasteiger partial charge is 0.282 e. The van der Waals surface area contributed by atoms with E-state index in [0.717, 1.165) is 11.5 Å². The van der Waals surface area contributed by atoms with Gasteiger partial charge in [-0.05, 0) is 12.1 Å². The molecule has 0 unspecified atom stereocenters. The Balaban J connectivity index is 2.99. The molecule has 0 aliphatic heterocycles. The van der Waals surface area contributed by atoms with Gasteiger partial charge in [-0.2, -0.15) is 8.42 Å². The second-order valence-electron chi connectivity index (χ2n) is 2.71. The van der Waals surface area contributed by atoms with Gasteiger partial charge in [0.15, 0.2) is 0 Å². The lowest BCUT2D eigenvalue weighted by Crippen LogP contribution is -1.97. The molecular formula is C7H4N3O3S2+. The first kappa shape index (κ1) is 9.97. The maximum atomic E-state index is 11.0. The molecule has 1 aromatic heterocycles. The fourth-order valence-electron chi connectivity index (χ4n) is 1.23. The van der Waals surface area contributed by atoms with E-state index in [9.17, 15) is 8.42 Å². The third kappa shape index (κ3) is 1.56. The Kier molecular flexibility index (Phi) is 2.15. The van der Waals surface area contributed by atoms with Crippen LogP contribution in [0.2, 0.25) is 0 Å². The minimum atomic E-state index is -4.34. The molecule has 0 aliphatic carbocycles. The Hall–Kier alpha value is -1.56. The number of diazo groups is 1. The van der Waals surface area contributed by atoms with Crippen LogP contribution in [0.1, 0.15) is 0 Å². The van der Waals surface area contributed by atoms with Crippen molar-refractivity contribution >= 4 is 37.6 Å². The van der Waals surface area contributed by atoms with E-state index in [1.165, 1.54) is 12.1 Å². The molecular weight excluding hydrogens is 238 g/mol. The van der Waals surface area contributed by atoms with E-state index in [0.29, 0.717) is 4.70 Å². The van der Waals surface area contributed by atoms with Gasteiger partial charge in [-0.25, -0.2) is 0 Å². The Labute approximate surface area is 88.7 Å². The number of aromatic nitrogens is 1. The zero-order chi connectivity index (χ0) is 11.1. The second-order valence-corrected chi connectivity index (χ2v) is 4.91. The van der Waals surface area contributed by atoms with Crippen LogP contribution in [0.3, 0.4) is 0 Å². The number of nitrogens with zero attached hydrogens (tertiary/aromatic N) is 3. The summed E-state index contributed by atoms with van der Waals surface area (Å²) < 4.78 is 35.3. The molecule has 6 nitrogen and oxygen atoms in total. The first-order chi connectivity index (χ1) is 7.04. The zero-order valence-electron chi connectivity index (χ0n) is 7.15. The standard InChI is InChI=1S/C7H3N3O3S2/c8-9-7-6-4(14-10-7)2-1-3-5(6)15(11,12)13/h1-3H/p+1. The van der Waals surface area contributed by atoms with E-state index >= 15 is 0 Å². The Morgan fingerprint density at radius 2 is 2.20 bits per heavy atom. The molecule has 0 fully saturated rings. The summed E-state index contributed by atoms with van der Waals surface area (Å²) in [5.74, 6) is -0.108. The highest BCUT2D eigenvalue weighted by molar-refractivity contribution is 7.86. The van der Waals surface area contributed by atoms with Crippen LogP contribution in [-0.4, -0.2) is 17.3 Å². The Bertz CT molecular complexity index is 668. The lowest BCUT2D eigenvalue weighted by atomic mass is 10.3. The third-order valence-corrected chi connectivity index (χ3v) is 3.51. The van der Waals surface area contributed by atoms with Crippen LogP contribution >= 0.6 is 11.5 Å². The summed E-state index contributed by atoms with van der Waals surface area (Å²) in [6.07, 6.45) is 0. The molecule has 0 saturated carbocycles. The van der Waals surface area contributed by atoms with Crippen molar-refractivity contribution in [3.8, 4) is 0 Å². The van der Waals surface area contributed by atoms with Gasteiger partial charge in [-0.1, -0.05) is 6.07 Å². The van der Waals surface area contributed by atoms with Crippen LogP contribution in [0.4, 0.5) is 5.82 Å². The van der Waals surface area contributed by atoms with Crippen LogP contribution in [0.15, 0.2) is 23.1 Å². The molecule has 0 amide bonds. The molecule has 2 aromatic rings. The van der Waals surface area contributed by atoms with Gasteiger partial charge in [0.2, 0.25) is 0 Å². The number of hydrogen-bond donors (Lipinski definition) is 1. The van der Waals surface area contributed by atoms with E-state index in [1.54, 1.807) is 6.07 Å². The van der Waals surface area contributed by atoms with Gasteiger partial charge in [0.05, 0.1) is 21.6 Å². The number of rotatable bonds is 1. The highest BCUT2D eigenvalue weighted by Crippen LogP contribution is 2.33. The maximum absolute atomic E-state index is 11.0. The zero-order valence-corrected chi connectivity index (χ0v) is 8.79. The third-order valence-electron chi connectivity index (χ3n) is 1.81. The van der Waals surface area contributed by atoms with Crippen LogP contribution in [0.25, 0.3) is 15.1 Å². The van der Waals surface area contributed by atoms with E-state index in [2.05, 4.69) is 9.35 Å². The number of fused-ring (bicyclic) bond motifs is 1. The summed E-state index contributed by atoms with van der Waals surface area (Å²) in [5.41, 5.74) is 0. The predicted molar refractivity (Wildman–Crippen MR) is 54.2 cm³/mol. The summed E-state index contributed by atoms with van der Waals surface area (Å²) in [7, 11) is -4.34. The lowest BCUT2D eigenvalue weighted by molar-refractivity contribution is 0.484. The van der Waals surface area contributed by atoms with E-state index in [4.69, 9.17) is 9.95 Å². The fourth-order valence-corrected chi connectivity index (χ4v) is 2.75. The normalized spacial score (nSPS) is 11.5. The van der Waals surface area contributed by atoms with Crippen molar-refractivity contribution < 1.29 is 13.0 Å². The van der Waals surface area contributed by atoms with Crippen LogP contribution in [0.5, 0.6) is 0 Å². The highest BCUT2D eigenvalue weighted by atomic mass is 32.2. The molecule has 0 aliphatic rings. The van der Waals surface area contributed by atoms with Crippen molar-refractivity contribution in [3.63, 3.8) is 0 Å². The second kappa shape index (κ2) is 3.23. The van der Waals surface area contributed by atoms with E-state index in [1.807, 2.05) is 0 Å². The molecule has 0 saturated heterocycles. The largest absolute Gasteiger partial charge is 0.487 e. The van der Waals surface area contributed by atoms with Crippen molar-refractivity contribution in [1.29, 1.82) is 5.39 Å². The first-order valence-corrected chi connectivity index (χ1v) is 5.96. The maximum Gasteiger partial charge on any atom is 0.487 e. The molecule has 8 heteroatoms. The van der Waals surface area contributed by atoms with Crippen LogP contribution < -0.4 is 0 Å². The monoisotopic (exact) mass is 242 g/mol. The van der Waals surface area contributed by atoms with Gasteiger partial charge >= 0.3 is 5.82 Å². The van der Waals surface area contributed by atoms with Gasteiger partial charge in [0.25, 0.3) is 10.1 Å². The number of benzene rings is 1. The first-order valence-electron chi connectivity index (χ1n) is 3.75. The van der Waals surface area contributed by atoms with E-state index < -0.39 is 10.1 Å². The highest BCUT2D eigenvalue weighted by Gasteiger charge is 2.26. The Morgan fingerprint density at radius 3 is 2.80 bits per heavy atom. The molecule has 0 atom stereocenters. The average Bonchev–Trinajstić information content (AvgIpc) is 2.58. The summed E-state index contributed by atoms with van der Waals surface area (Å²) in [5, 5.41) is 8.74. The van der Waals surface area contributed by atoms with Gasteiger partial charge < -0.3 is 0 Å². The average molecular weight is 242 g/mol. The molecule has 2 rings (SSSR count). The van der Waals surface area contributed by atoms with Gasteiger partial charge in [0.1, 0.15) is 10.3 Å². The van der Waals surface area contributed by atoms with Gasteiger partial charge in [-0.3, -0.25) is 4.55 Å². The van der Waals surface area contributed by atoms with Gasteiger partial charge in [0, 0.05) is 9.35 Å². The molecule has 0 spiro atoms. The molecule has 76 valence electrons. The topological polar surface area (TPSA) is 95.4 Å². The molecule has 0 bridgehead atoms. The van der Waals surface area contributed by atoms with Crippen molar-refractivity contribution in [2.45, 2.75) is 4.90 Å². The SMILES string of the molecule is N#[N+]c1nsc2cccc(S(=O)(=O)O)c12. The fraction of sp³-hybridized carbons (Fsp3) is 0. The molecule has 1 N–H and O–H groups in total. The molecule has 1 heterocycles. The summed E-state index contributed by atoms with van der Waals surface area (Å²) in [4.78, 5) is 2.55. The summed E-state index contributed by atoms with van der Waals surface area (Å²) in [6.45, 7) is 0. The number of hydrogen-bond acceptors (Lipinski definition) is 5. The summed E-state index contributed by atoms with van der Waals surface area (Å²) in [6, 6.07) is 4.32.